The van der Waals surface area contributed by atoms with Crippen molar-refractivity contribution in [2.75, 3.05) is 33.9 Å². The van der Waals surface area contributed by atoms with Crippen LogP contribution in [0.2, 0.25) is 0 Å². The molecular formula is C25H35IN4O3. The van der Waals surface area contributed by atoms with E-state index < -0.39 is 0 Å². The number of methoxy groups -OCH3 is 1. The van der Waals surface area contributed by atoms with E-state index in [0.29, 0.717) is 18.7 Å². The van der Waals surface area contributed by atoms with Crippen molar-refractivity contribution in [3.63, 3.8) is 0 Å². The highest BCUT2D eigenvalue weighted by atomic mass is 127. The van der Waals surface area contributed by atoms with E-state index in [1.165, 1.54) is 5.56 Å². The maximum Gasteiger partial charge on any atom is 0.251 e. The van der Waals surface area contributed by atoms with Gasteiger partial charge in [0.1, 0.15) is 5.75 Å². The maximum absolute atomic E-state index is 12.5. The largest absolute Gasteiger partial charge is 0.497 e. The van der Waals surface area contributed by atoms with Crippen LogP contribution in [0.4, 0.5) is 0 Å². The number of rotatable bonds is 9. The number of benzene rings is 2. The third-order valence-electron chi connectivity index (χ3n) is 5.39. The third kappa shape index (κ3) is 8.51. The molecule has 2 aromatic carbocycles. The zero-order valence-electron chi connectivity index (χ0n) is 19.7. The molecule has 7 nitrogen and oxygen atoms in total. The molecule has 1 heterocycles. The number of hydrogen-bond donors (Lipinski definition) is 2. The Balaban J connectivity index is 0.00000385. The van der Waals surface area contributed by atoms with Crippen LogP contribution in [-0.4, -0.2) is 56.7 Å². The van der Waals surface area contributed by atoms with Crippen molar-refractivity contribution < 1.29 is 14.3 Å². The van der Waals surface area contributed by atoms with Crippen molar-refractivity contribution in [1.29, 1.82) is 0 Å². The highest BCUT2D eigenvalue weighted by Crippen LogP contribution is 2.14. The van der Waals surface area contributed by atoms with Crippen molar-refractivity contribution in [2.45, 2.75) is 39.0 Å². The van der Waals surface area contributed by atoms with Crippen LogP contribution < -0.4 is 15.4 Å². The standard InChI is InChI=1S/C25H34N4O3.HI/c1-4-26-25(29(2)18-19-10-12-22(31-3)13-11-19)28-16-20-7-5-8-21(15-20)24(30)27-17-23-9-6-14-32-23;/h5,7-8,10-13,15,23H,4,6,9,14,16-18H2,1-3H3,(H,26,28)(H,27,30);1H. The average molecular weight is 566 g/mol. The van der Waals surface area contributed by atoms with E-state index in [2.05, 4.69) is 34.6 Å². The first kappa shape index (κ1) is 26.9. The molecule has 1 saturated heterocycles. The fourth-order valence-corrected chi connectivity index (χ4v) is 3.64. The van der Waals surface area contributed by atoms with E-state index >= 15 is 0 Å². The number of nitrogens with one attached hydrogen (secondary N) is 2. The summed E-state index contributed by atoms with van der Waals surface area (Å²) in [4.78, 5) is 19.4. The Bertz CT molecular complexity index is 899. The first-order valence-corrected chi connectivity index (χ1v) is 11.2. The van der Waals surface area contributed by atoms with Gasteiger partial charge >= 0.3 is 0 Å². The minimum absolute atomic E-state index is 0. The predicted octanol–water partition coefficient (Wildman–Crippen LogP) is 3.82. The van der Waals surface area contributed by atoms with E-state index in [0.717, 1.165) is 49.8 Å². The molecule has 1 aliphatic heterocycles. The summed E-state index contributed by atoms with van der Waals surface area (Å²) in [5, 5.41) is 6.32. The molecule has 180 valence electrons. The topological polar surface area (TPSA) is 75.2 Å². The van der Waals surface area contributed by atoms with E-state index in [4.69, 9.17) is 14.5 Å². The first-order valence-electron chi connectivity index (χ1n) is 11.2. The maximum atomic E-state index is 12.5. The number of nitrogens with zero attached hydrogens (tertiary/aromatic N) is 2. The second-order valence-corrected chi connectivity index (χ2v) is 7.92. The monoisotopic (exact) mass is 566 g/mol. The molecule has 0 aromatic heterocycles. The Hall–Kier alpha value is -2.33. The van der Waals surface area contributed by atoms with Gasteiger partial charge in [-0.2, -0.15) is 0 Å². The third-order valence-corrected chi connectivity index (χ3v) is 5.39. The molecule has 8 heteroatoms. The molecule has 1 aliphatic rings. The quantitative estimate of drug-likeness (QED) is 0.274. The molecule has 0 bridgehead atoms. The molecule has 1 amide bonds. The van der Waals surface area contributed by atoms with Crippen LogP contribution in [0.25, 0.3) is 0 Å². The number of halogens is 1. The molecule has 0 spiro atoms. The van der Waals surface area contributed by atoms with Gasteiger partial charge in [0.2, 0.25) is 0 Å². The summed E-state index contributed by atoms with van der Waals surface area (Å²) in [6.45, 7) is 5.38. The summed E-state index contributed by atoms with van der Waals surface area (Å²) >= 11 is 0. The molecule has 2 N–H and O–H groups in total. The van der Waals surface area contributed by atoms with Gasteiger partial charge in [-0.25, -0.2) is 4.99 Å². The van der Waals surface area contributed by atoms with Crippen molar-refractivity contribution in [1.82, 2.24) is 15.5 Å². The zero-order chi connectivity index (χ0) is 22.8. The van der Waals surface area contributed by atoms with E-state index in [9.17, 15) is 4.79 Å². The van der Waals surface area contributed by atoms with Crippen molar-refractivity contribution in [3.05, 3.63) is 65.2 Å². The van der Waals surface area contributed by atoms with Crippen molar-refractivity contribution >= 4 is 35.8 Å². The second-order valence-electron chi connectivity index (χ2n) is 7.92. The molecular weight excluding hydrogens is 531 g/mol. The van der Waals surface area contributed by atoms with Gasteiger partial charge in [0.05, 0.1) is 19.8 Å². The van der Waals surface area contributed by atoms with Crippen LogP contribution in [0.3, 0.4) is 0 Å². The van der Waals surface area contributed by atoms with Crippen LogP contribution in [0, 0.1) is 0 Å². The van der Waals surface area contributed by atoms with Gasteiger partial charge in [-0.3, -0.25) is 4.79 Å². The fourth-order valence-electron chi connectivity index (χ4n) is 3.64. The highest BCUT2D eigenvalue weighted by Gasteiger charge is 2.16. The Morgan fingerprint density at radius 3 is 2.64 bits per heavy atom. The van der Waals surface area contributed by atoms with Crippen molar-refractivity contribution in [2.24, 2.45) is 4.99 Å². The summed E-state index contributed by atoms with van der Waals surface area (Å²) < 4.78 is 10.8. The Labute approximate surface area is 214 Å². The molecule has 1 atom stereocenters. The average Bonchev–Trinajstić information content (AvgIpc) is 3.34. The normalized spacial score (nSPS) is 15.5. The fraction of sp³-hybridized carbons (Fsp3) is 0.440. The number of ether oxygens (including phenoxy) is 2. The van der Waals surface area contributed by atoms with E-state index in [1.807, 2.05) is 43.4 Å². The molecule has 0 aliphatic carbocycles. The van der Waals surface area contributed by atoms with Gasteiger partial charge in [-0.1, -0.05) is 24.3 Å². The Kier molecular flexibility index (Phi) is 11.5. The van der Waals surface area contributed by atoms with Crippen LogP contribution in [0.1, 0.15) is 41.3 Å². The number of amides is 1. The molecule has 0 saturated carbocycles. The lowest BCUT2D eigenvalue weighted by molar-refractivity contribution is 0.0857. The van der Waals surface area contributed by atoms with Gasteiger partial charge < -0.3 is 25.0 Å². The van der Waals surface area contributed by atoms with Gasteiger partial charge in [-0.15, -0.1) is 24.0 Å². The van der Waals surface area contributed by atoms with E-state index in [-0.39, 0.29) is 36.0 Å². The smallest absolute Gasteiger partial charge is 0.251 e. The molecule has 1 fully saturated rings. The lowest BCUT2D eigenvalue weighted by Crippen LogP contribution is -2.38. The number of aliphatic imine (C=N–C) groups is 1. The summed E-state index contributed by atoms with van der Waals surface area (Å²) in [7, 11) is 3.68. The second kappa shape index (κ2) is 14.0. The van der Waals surface area contributed by atoms with Crippen LogP contribution in [0.15, 0.2) is 53.5 Å². The molecule has 33 heavy (non-hydrogen) atoms. The predicted molar refractivity (Wildman–Crippen MR) is 142 cm³/mol. The zero-order valence-corrected chi connectivity index (χ0v) is 22.0. The number of hydrogen-bond acceptors (Lipinski definition) is 4. The lowest BCUT2D eigenvalue weighted by atomic mass is 10.1. The van der Waals surface area contributed by atoms with Gasteiger partial charge in [0.15, 0.2) is 5.96 Å². The van der Waals surface area contributed by atoms with Gasteiger partial charge in [0.25, 0.3) is 5.91 Å². The summed E-state index contributed by atoms with van der Waals surface area (Å²) in [5.74, 6) is 1.59. The minimum Gasteiger partial charge on any atom is -0.497 e. The number of carbonyl (C=O) groups is 1. The van der Waals surface area contributed by atoms with Crippen LogP contribution in [-0.2, 0) is 17.8 Å². The number of carbonyl (C=O) groups excluding carboxylic acids is 1. The first-order chi connectivity index (χ1) is 15.6. The molecule has 1 unspecified atom stereocenters. The SMILES string of the molecule is CCNC(=NCc1cccc(C(=O)NCC2CCCO2)c1)N(C)Cc1ccc(OC)cc1.I. The molecule has 0 radical (unpaired) electrons. The minimum atomic E-state index is -0.0742. The van der Waals surface area contributed by atoms with E-state index in [1.54, 1.807) is 7.11 Å². The summed E-state index contributed by atoms with van der Waals surface area (Å²) in [6.07, 6.45) is 2.21. The molecule has 2 aromatic rings. The Morgan fingerprint density at radius 1 is 1.18 bits per heavy atom. The Morgan fingerprint density at radius 2 is 1.97 bits per heavy atom. The van der Waals surface area contributed by atoms with Crippen LogP contribution >= 0.6 is 24.0 Å². The van der Waals surface area contributed by atoms with Gasteiger partial charge in [0, 0.05) is 38.9 Å². The van der Waals surface area contributed by atoms with Crippen LogP contribution in [0.5, 0.6) is 5.75 Å². The van der Waals surface area contributed by atoms with Gasteiger partial charge in [-0.05, 0) is 55.2 Å². The summed E-state index contributed by atoms with van der Waals surface area (Å²) in [5.41, 5.74) is 2.80. The van der Waals surface area contributed by atoms with Crippen molar-refractivity contribution in [3.8, 4) is 5.75 Å². The highest BCUT2D eigenvalue weighted by molar-refractivity contribution is 14.0. The molecule has 3 rings (SSSR count). The lowest BCUT2D eigenvalue weighted by Gasteiger charge is -2.22. The summed E-state index contributed by atoms with van der Waals surface area (Å²) in [6, 6.07) is 15.7. The number of guanidine groups is 1.